The van der Waals surface area contributed by atoms with Crippen molar-refractivity contribution in [3.05, 3.63) is 0 Å². The highest BCUT2D eigenvalue weighted by Gasteiger charge is 2.33. The number of nitrogens with zero attached hydrogens (tertiary/aromatic N) is 1. The van der Waals surface area contributed by atoms with Crippen LogP contribution in [0.1, 0.15) is 20.3 Å². The molecule has 0 aromatic rings. The van der Waals surface area contributed by atoms with Gasteiger partial charge in [-0.1, -0.05) is 6.92 Å². The van der Waals surface area contributed by atoms with Gasteiger partial charge >= 0.3 is 5.97 Å². The lowest BCUT2D eigenvalue weighted by molar-refractivity contribution is -0.142. The summed E-state index contributed by atoms with van der Waals surface area (Å²) in [6.07, 6.45) is 0.843. The monoisotopic (exact) mass is 195 g/mol. The van der Waals surface area contributed by atoms with Crippen LogP contribution in [0.15, 0.2) is 0 Å². The zero-order valence-electron chi connectivity index (χ0n) is 8.79. The molecule has 0 saturated carbocycles. The first kappa shape index (κ1) is 11.1. The fourth-order valence-corrected chi connectivity index (χ4v) is 1.91. The fourth-order valence-electron chi connectivity index (χ4n) is 1.91. The second-order valence-electron chi connectivity index (χ2n) is 3.86. The van der Waals surface area contributed by atoms with E-state index in [4.69, 9.17) is 5.11 Å². The summed E-state index contributed by atoms with van der Waals surface area (Å²) < 4.78 is 0. The number of hydrogen-bond acceptors (Lipinski definition) is 2. The van der Waals surface area contributed by atoms with Crippen molar-refractivity contribution in [1.29, 1.82) is 0 Å². The Bertz CT molecular complexity index is 264. The van der Waals surface area contributed by atoms with E-state index >= 15 is 0 Å². The number of carbonyl (C=O) groups is 1. The Kier molecular flexibility index (Phi) is 3.97. The molecule has 78 valence electrons. The maximum absolute atomic E-state index is 10.8. The largest absolute Gasteiger partial charge is 0.481 e. The molecule has 1 aliphatic rings. The molecule has 0 spiro atoms. The van der Waals surface area contributed by atoms with Gasteiger partial charge in [0.05, 0.1) is 5.92 Å². The molecule has 1 rings (SSSR count). The van der Waals surface area contributed by atoms with Crippen LogP contribution in [-0.4, -0.2) is 35.6 Å². The maximum Gasteiger partial charge on any atom is 0.308 e. The minimum absolute atomic E-state index is 0.190. The summed E-state index contributed by atoms with van der Waals surface area (Å²) in [5.74, 6) is 5.25. The van der Waals surface area contributed by atoms with Gasteiger partial charge in [-0.15, -0.1) is 11.8 Å². The topological polar surface area (TPSA) is 40.5 Å². The molecule has 0 radical (unpaired) electrons. The maximum atomic E-state index is 10.8. The first-order chi connectivity index (χ1) is 6.65. The molecule has 0 aromatic carbocycles. The van der Waals surface area contributed by atoms with Crippen molar-refractivity contribution < 1.29 is 9.90 Å². The molecule has 2 atom stereocenters. The third kappa shape index (κ3) is 2.74. The molecule has 1 heterocycles. The van der Waals surface area contributed by atoms with Crippen molar-refractivity contribution in [3.8, 4) is 11.8 Å². The Morgan fingerprint density at radius 2 is 2.29 bits per heavy atom. The highest BCUT2D eigenvalue weighted by Crippen LogP contribution is 2.22. The molecular formula is C11H17NO2. The standard InChI is InChI=1S/C11H17NO2/c1-3-4-5-6-12-7-9(2)10(8-12)11(13)14/h9-10H,5-8H2,1-2H3,(H,13,14)/t9-,10-/m1/s1. The SMILES string of the molecule is CC#CCCN1C[C@@H](C)[C@H](C(=O)O)C1. The summed E-state index contributed by atoms with van der Waals surface area (Å²) in [6.45, 7) is 6.30. The summed E-state index contributed by atoms with van der Waals surface area (Å²) in [7, 11) is 0. The normalized spacial score (nSPS) is 27.0. The van der Waals surface area contributed by atoms with Gasteiger partial charge in [-0.25, -0.2) is 0 Å². The van der Waals surface area contributed by atoms with Crippen molar-refractivity contribution in [2.24, 2.45) is 11.8 Å². The molecule has 14 heavy (non-hydrogen) atoms. The van der Waals surface area contributed by atoms with E-state index in [9.17, 15) is 4.79 Å². The van der Waals surface area contributed by atoms with E-state index in [0.29, 0.717) is 6.54 Å². The average molecular weight is 195 g/mol. The molecule has 0 amide bonds. The predicted octanol–water partition coefficient (Wildman–Crippen LogP) is 1.05. The van der Waals surface area contributed by atoms with Crippen LogP contribution in [-0.2, 0) is 4.79 Å². The van der Waals surface area contributed by atoms with Gasteiger partial charge in [0.2, 0.25) is 0 Å². The second-order valence-corrected chi connectivity index (χ2v) is 3.86. The summed E-state index contributed by atoms with van der Waals surface area (Å²) in [5, 5.41) is 8.92. The first-order valence-electron chi connectivity index (χ1n) is 5.00. The number of aliphatic carboxylic acids is 1. The molecule has 1 fully saturated rings. The van der Waals surface area contributed by atoms with Crippen molar-refractivity contribution in [2.45, 2.75) is 20.3 Å². The minimum atomic E-state index is -0.665. The lowest BCUT2D eigenvalue weighted by Gasteiger charge is -2.12. The lowest BCUT2D eigenvalue weighted by atomic mass is 9.99. The number of rotatable bonds is 3. The van der Waals surface area contributed by atoms with Crippen molar-refractivity contribution in [3.63, 3.8) is 0 Å². The molecule has 0 bridgehead atoms. The van der Waals surface area contributed by atoms with Crippen LogP contribution >= 0.6 is 0 Å². The number of hydrogen-bond donors (Lipinski definition) is 1. The summed E-state index contributed by atoms with van der Waals surface area (Å²) in [6, 6.07) is 0. The summed E-state index contributed by atoms with van der Waals surface area (Å²) in [4.78, 5) is 13.0. The van der Waals surface area contributed by atoms with Crippen LogP contribution in [0.4, 0.5) is 0 Å². The molecule has 0 unspecified atom stereocenters. The van der Waals surface area contributed by atoms with Gasteiger partial charge in [0.25, 0.3) is 0 Å². The van der Waals surface area contributed by atoms with Gasteiger partial charge in [-0.3, -0.25) is 4.79 Å². The number of carboxylic acid groups (broad SMARTS) is 1. The van der Waals surface area contributed by atoms with Crippen molar-refractivity contribution in [2.75, 3.05) is 19.6 Å². The average Bonchev–Trinajstić information content (AvgIpc) is 2.47. The first-order valence-corrected chi connectivity index (χ1v) is 5.00. The third-order valence-corrected chi connectivity index (χ3v) is 2.73. The van der Waals surface area contributed by atoms with Crippen molar-refractivity contribution >= 4 is 5.97 Å². The van der Waals surface area contributed by atoms with Gasteiger partial charge < -0.3 is 10.0 Å². The third-order valence-electron chi connectivity index (χ3n) is 2.73. The second kappa shape index (κ2) is 5.02. The van der Waals surface area contributed by atoms with Crippen LogP contribution < -0.4 is 0 Å². The Labute approximate surface area is 85.1 Å². The highest BCUT2D eigenvalue weighted by atomic mass is 16.4. The van der Waals surface area contributed by atoms with E-state index in [2.05, 4.69) is 16.7 Å². The van der Waals surface area contributed by atoms with Gasteiger partial charge in [0, 0.05) is 26.1 Å². The molecule has 3 heteroatoms. The Balaban J connectivity index is 2.37. The highest BCUT2D eigenvalue weighted by molar-refractivity contribution is 5.71. The van der Waals surface area contributed by atoms with E-state index < -0.39 is 5.97 Å². The predicted molar refractivity (Wildman–Crippen MR) is 54.8 cm³/mol. The summed E-state index contributed by atoms with van der Waals surface area (Å²) >= 11 is 0. The number of carboxylic acids is 1. The van der Waals surface area contributed by atoms with Crippen LogP contribution in [0.5, 0.6) is 0 Å². The quantitative estimate of drug-likeness (QED) is 0.684. The van der Waals surface area contributed by atoms with Crippen LogP contribution in [0.2, 0.25) is 0 Å². The molecule has 0 aliphatic carbocycles. The van der Waals surface area contributed by atoms with Gasteiger partial charge in [0.1, 0.15) is 0 Å². The van der Waals surface area contributed by atoms with E-state index in [1.165, 1.54) is 0 Å². The Morgan fingerprint density at radius 3 is 2.79 bits per heavy atom. The smallest absolute Gasteiger partial charge is 0.308 e. The molecule has 3 nitrogen and oxygen atoms in total. The number of likely N-dealkylation sites (tertiary alicyclic amines) is 1. The van der Waals surface area contributed by atoms with Crippen LogP contribution in [0.25, 0.3) is 0 Å². The van der Waals surface area contributed by atoms with Gasteiger partial charge in [-0.05, 0) is 12.8 Å². The van der Waals surface area contributed by atoms with E-state index in [-0.39, 0.29) is 11.8 Å². The molecule has 1 saturated heterocycles. The van der Waals surface area contributed by atoms with E-state index in [1.54, 1.807) is 0 Å². The van der Waals surface area contributed by atoms with E-state index in [1.807, 2.05) is 13.8 Å². The molecule has 1 aliphatic heterocycles. The zero-order chi connectivity index (χ0) is 10.6. The zero-order valence-corrected chi connectivity index (χ0v) is 8.79. The Morgan fingerprint density at radius 1 is 1.57 bits per heavy atom. The Hall–Kier alpha value is -1.01. The van der Waals surface area contributed by atoms with Crippen molar-refractivity contribution in [1.82, 2.24) is 4.90 Å². The lowest BCUT2D eigenvalue weighted by Crippen LogP contribution is -2.24. The van der Waals surface area contributed by atoms with Gasteiger partial charge in [0.15, 0.2) is 0 Å². The van der Waals surface area contributed by atoms with Crippen LogP contribution in [0, 0.1) is 23.7 Å². The summed E-state index contributed by atoms with van der Waals surface area (Å²) in [5.41, 5.74) is 0. The molecular weight excluding hydrogens is 178 g/mol. The van der Waals surface area contributed by atoms with Crippen LogP contribution in [0.3, 0.4) is 0 Å². The fraction of sp³-hybridized carbons (Fsp3) is 0.727. The molecule has 1 N–H and O–H groups in total. The minimum Gasteiger partial charge on any atom is -0.481 e. The van der Waals surface area contributed by atoms with Gasteiger partial charge in [-0.2, -0.15) is 0 Å². The molecule has 0 aromatic heterocycles. The van der Waals surface area contributed by atoms with E-state index in [0.717, 1.165) is 19.5 Å².